The zero-order valence-corrected chi connectivity index (χ0v) is 13.6. The SMILES string of the molecule is CC(=O)[O-].CN(C)c1ccc(N=NC2N(C)C=C[NH+]2C)cc1. The van der Waals surface area contributed by atoms with E-state index in [0.717, 1.165) is 18.3 Å². The first-order valence-electron chi connectivity index (χ1n) is 6.90. The molecule has 7 nitrogen and oxygen atoms in total. The highest BCUT2D eigenvalue weighted by atomic mass is 16.4. The van der Waals surface area contributed by atoms with Gasteiger partial charge in [-0.2, -0.15) is 0 Å². The minimum absolute atomic E-state index is 0.0403. The molecule has 2 atom stereocenters. The van der Waals surface area contributed by atoms with E-state index in [9.17, 15) is 0 Å². The number of nitrogens with one attached hydrogen (secondary N) is 1. The Labute approximate surface area is 131 Å². The Morgan fingerprint density at radius 3 is 2.27 bits per heavy atom. The molecule has 0 bridgehead atoms. The highest BCUT2D eigenvalue weighted by Gasteiger charge is 2.24. The summed E-state index contributed by atoms with van der Waals surface area (Å²) in [6.07, 6.45) is 4.13. The minimum atomic E-state index is -1.08. The normalized spacial score (nSPS) is 20.0. The van der Waals surface area contributed by atoms with Crippen molar-refractivity contribution in [2.75, 3.05) is 33.1 Å². The Balaban J connectivity index is 0.000000541. The molecule has 0 fully saturated rings. The van der Waals surface area contributed by atoms with Gasteiger partial charge in [0.2, 0.25) is 0 Å². The Hall–Kier alpha value is -2.41. The molecule has 0 radical (unpaired) electrons. The van der Waals surface area contributed by atoms with Crippen LogP contribution in [0.25, 0.3) is 0 Å². The summed E-state index contributed by atoms with van der Waals surface area (Å²) >= 11 is 0. The highest BCUT2D eigenvalue weighted by molar-refractivity contribution is 5.60. The van der Waals surface area contributed by atoms with Crippen molar-refractivity contribution in [3.63, 3.8) is 0 Å². The topological polar surface area (TPSA) is 75.8 Å². The summed E-state index contributed by atoms with van der Waals surface area (Å²) in [5.74, 6) is -1.08. The van der Waals surface area contributed by atoms with Gasteiger partial charge in [-0.15, -0.1) is 10.2 Å². The first-order chi connectivity index (χ1) is 10.3. The molecule has 0 saturated heterocycles. The van der Waals surface area contributed by atoms with Crippen molar-refractivity contribution in [1.82, 2.24) is 4.90 Å². The van der Waals surface area contributed by atoms with Crippen LogP contribution in [0.4, 0.5) is 11.4 Å². The maximum atomic E-state index is 8.89. The molecule has 120 valence electrons. The molecular formula is C15H23N5O2. The summed E-state index contributed by atoms with van der Waals surface area (Å²) in [5.41, 5.74) is 2.05. The molecule has 0 saturated carbocycles. The van der Waals surface area contributed by atoms with Crippen LogP contribution in [-0.4, -0.2) is 45.3 Å². The first-order valence-corrected chi connectivity index (χ1v) is 6.90. The van der Waals surface area contributed by atoms with Crippen molar-refractivity contribution in [1.29, 1.82) is 0 Å². The van der Waals surface area contributed by atoms with E-state index in [1.165, 1.54) is 4.90 Å². The standard InChI is InChI=1S/C13H19N5.C2H4O2/c1-16(2)12-7-5-11(6-8-12)14-15-13-17(3)9-10-18(13)4;1-2(3)4/h5-10,13H,1-4H3;1H3,(H,3,4). The molecule has 1 aromatic rings. The highest BCUT2D eigenvalue weighted by Crippen LogP contribution is 2.18. The van der Waals surface area contributed by atoms with Gasteiger partial charge in [0, 0.05) is 32.8 Å². The minimum Gasteiger partial charge on any atom is -0.550 e. The summed E-state index contributed by atoms with van der Waals surface area (Å²) in [4.78, 5) is 14.2. The number of aliphatic carboxylic acids is 1. The molecule has 0 aliphatic carbocycles. The van der Waals surface area contributed by atoms with E-state index in [1.54, 1.807) is 0 Å². The molecule has 0 amide bonds. The lowest BCUT2D eigenvalue weighted by Gasteiger charge is -2.16. The van der Waals surface area contributed by atoms with E-state index in [2.05, 4.69) is 28.4 Å². The van der Waals surface area contributed by atoms with E-state index in [4.69, 9.17) is 9.90 Å². The number of azo groups is 1. The molecule has 2 unspecified atom stereocenters. The lowest BCUT2D eigenvalue weighted by molar-refractivity contribution is -0.856. The van der Waals surface area contributed by atoms with Crippen molar-refractivity contribution in [3.8, 4) is 0 Å². The van der Waals surface area contributed by atoms with Gasteiger partial charge in [0.05, 0.1) is 18.9 Å². The van der Waals surface area contributed by atoms with Gasteiger partial charge in [-0.1, -0.05) is 0 Å². The third kappa shape index (κ3) is 5.53. The summed E-state index contributed by atoms with van der Waals surface area (Å²) in [6, 6.07) is 8.05. The Kier molecular flexibility index (Phi) is 6.52. The second-order valence-electron chi connectivity index (χ2n) is 5.22. The van der Waals surface area contributed by atoms with E-state index < -0.39 is 5.97 Å². The van der Waals surface area contributed by atoms with Crippen LogP contribution in [-0.2, 0) is 4.79 Å². The number of anilines is 1. The zero-order valence-electron chi connectivity index (χ0n) is 13.6. The number of rotatable bonds is 3. The van der Waals surface area contributed by atoms with Gasteiger partial charge in [0.1, 0.15) is 6.20 Å². The van der Waals surface area contributed by atoms with Gasteiger partial charge in [0.25, 0.3) is 6.29 Å². The van der Waals surface area contributed by atoms with Crippen LogP contribution in [0, 0.1) is 0 Å². The van der Waals surface area contributed by atoms with Crippen LogP contribution < -0.4 is 14.9 Å². The van der Waals surface area contributed by atoms with Gasteiger partial charge in [-0.25, -0.2) is 0 Å². The first kappa shape index (κ1) is 17.6. The van der Waals surface area contributed by atoms with Crippen LogP contribution in [0.15, 0.2) is 46.9 Å². The molecule has 7 heteroatoms. The third-order valence-corrected chi connectivity index (χ3v) is 3.01. The van der Waals surface area contributed by atoms with E-state index >= 15 is 0 Å². The third-order valence-electron chi connectivity index (χ3n) is 3.01. The number of hydrogen-bond donors (Lipinski definition) is 1. The zero-order chi connectivity index (χ0) is 16.7. The average molecular weight is 305 g/mol. The van der Waals surface area contributed by atoms with Gasteiger partial charge in [-0.05, 0) is 31.2 Å². The van der Waals surface area contributed by atoms with Crippen LogP contribution in [0.3, 0.4) is 0 Å². The predicted molar refractivity (Wildman–Crippen MR) is 83.5 cm³/mol. The number of hydrogen-bond acceptors (Lipinski definition) is 6. The van der Waals surface area contributed by atoms with E-state index in [-0.39, 0.29) is 6.29 Å². The van der Waals surface area contributed by atoms with Gasteiger partial charge >= 0.3 is 0 Å². The molecule has 1 aliphatic heterocycles. The molecule has 1 aromatic carbocycles. The lowest BCUT2D eigenvalue weighted by Crippen LogP contribution is -3.08. The predicted octanol–water partition coefficient (Wildman–Crippen LogP) is -0.193. The van der Waals surface area contributed by atoms with Gasteiger partial charge in [-0.3, -0.25) is 4.90 Å². The molecule has 1 heterocycles. The van der Waals surface area contributed by atoms with Crippen LogP contribution in [0.1, 0.15) is 6.92 Å². The van der Waals surface area contributed by atoms with Crippen molar-refractivity contribution >= 4 is 17.3 Å². The van der Waals surface area contributed by atoms with Crippen LogP contribution in [0.5, 0.6) is 0 Å². The summed E-state index contributed by atoms with van der Waals surface area (Å²) in [5, 5.41) is 17.6. The Bertz CT molecular complexity index is 523. The number of carboxylic acids is 1. The number of carbonyl (C=O) groups is 1. The van der Waals surface area contributed by atoms with Crippen molar-refractivity contribution in [3.05, 3.63) is 36.7 Å². The number of quaternary nitrogens is 1. The number of carbonyl (C=O) groups excluding carboxylic acids is 1. The van der Waals surface area contributed by atoms with Crippen molar-refractivity contribution in [2.24, 2.45) is 10.2 Å². The van der Waals surface area contributed by atoms with Crippen LogP contribution in [0.2, 0.25) is 0 Å². The maximum Gasteiger partial charge on any atom is 0.284 e. The van der Waals surface area contributed by atoms with E-state index in [0.29, 0.717) is 0 Å². The van der Waals surface area contributed by atoms with E-state index in [1.807, 2.05) is 56.5 Å². The van der Waals surface area contributed by atoms with Crippen molar-refractivity contribution < 1.29 is 14.8 Å². The second-order valence-corrected chi connectivity index (χ2v) is 5.22. The van der Waals surface area contributed by atoms with Gasteiger partial charge in [0.15, 0.2) is 0 Å². The molecule has 1 aliphatic rings. The fourth-order valence-corrected chi connectivity index (χ4v) is 1.84. The molecule has 0 spiro atoms. The smallest absolute Gasteiger partial charge is 0.284 e. The Morgan fingerprint density at radius 2 is 1.86 bits per heavy atom. The summed E-state index contributed by atoms with van der Waals surface area (Å²) in [7, 11) is 8.12. The second kappa shape index (κ2) is 8.14. The number of carboxylic acid groups (broad SMARTS) is 1. The molecule has 2 rings (SSSR count). The monoisotopic (exact) mass is 305 g/mol. The van der Waals surface area contributed by atoms with Crippen LogP contribution >= 0.6 is 0 Å². The number of nitrogens with zero attached hydrogens (tertiary/aromatic N) is 4. The fraction of sp³-hybridized carbons (Fsp3) is 0.400. The fourth-order valence-electron chi connectivity index (χ4n) is 1.84. The Morgan fingerprint density at radius 1 is 1.32 bits per heavy atom. The maximum absolute atomic E-state index is 8.89. The largest absolute Gasteiger partial charge is 0.550 e. The molecule has 1 N–H and O–H groups in total. The summed E-state index contributed by atoms with van der Waals surface area (Å²) < 4.78 is 0. The molecule has 22 heavy (non-hydrogen) atoms. The quantitative estimate of drug-likeness (QED) is 0.785. The summed E-state index contributed by atoms with van der Waals surface area (Å²) in [6.45, 7) is 0.972. The average Bonchev–Trinajstić information content (AvgIpc) is 2.76. The van der Waals surface area contributed by atoms with Crippen molar-refractivity contribution in [2.45, 2.75) is 13.2 Å². The molecule has 0 aromatic heterocycles. The van der Waals surface area contributed by atoms with Gasteiger partial charge < -0.3 is 19.7 Å². The number of benzene rings is 1. The lowest BCUT2D eigenvalue weighted by atomic mass is 10.3. The molecular weight excluding hydrogens is 282 g/mol.